The fourth-order valence-corrected chi connectivity index (χ4v) is 3.80. The lowest BCUT2D eigenvalue weighted by atomic mass is 10.3. The SMILES string of the molecule is CCN=C(NC1CCN(CC(F)(F)F)C1)N(C)Cc1csc(C(C)OC)n1.I. The van der Waals surface area contributed by atoms with E-state index in [1.807, 2.05) is 31.2 Å². The maximum atomic E-state index is 12.6. The lowest BCUT2D eigenvalue weighted by Gasteiger charge is -2.25. The van der Waals surface area contributed by atoms with Crippen LogP contribution in [0.5, 0.6) is 0 Å². The van der Waals surface area contributed by atoms with Gasteiger partial charge in [0, 0.05) is 45.2 Å². The predicted molar refractivity (Wildman–Crippen MR) is 116 cm³/mol. The third-order valence-corrected chi connectivity index (χ3v) is 5.40. The maximum absolute atomic E-state index is 12.6. The Morgan fingerprint density at radius 1 is 1.54 bits per heavy atom. The molecule has 1 aromatic rings. The average Bonchev–Trinajstić information content (AvgIpc) is 3.21. The highest BCUT2D eigenvalue weighted by Crippen LogP contribution is 2.22. The average molecular weight is 535 g/mol. The van der Waals surface area contributed by atoms with E-state index in [2.05, 4.69) is 15.3 Å². The molecule has 1 N–H and O–H groups in total. The summed E-state index contributed by atoms with van der Waals surface area (Å²) in [6.07, 6.45) is -3.54. The Balaban J connectivity index is 0.00000392. The minimum absolute atomic E-state index is 0. The lowest BCUT2D eigenvalue weighted by molar-refractivity contribution is -0.143. The van der Waals surface area contributed by atoms with E-state index in [4.69, 9.17) is 4.74 Å². The summed E-state index contributed by atoms with van der Waals surface area (Å²) in [6.45, 7) is 4.98. The molecule has 0 saturated carbocycles. The van der Waals surface area contributed by atoms with Gasteiger partial charge in [-0.15, -0.1) is 35.3 Å². The number of halogens is 4. The van der Waals surface area contributed by atoms with Gasteiger partial charge in [-0.25, -0.2) is 4.98 Å². The van der Waals surface area contributed by atoms with Gasteiger partial charge in [-0.2, -0.15) is 13.2 Å². The maximum Gasteiger partial charge on any atom is 0.401 e. The van der Waals surface area contributed by atoms with E-state index < -0.39 is 12.7 Å². The Hall–Kier alpha value is -0.660. The second-order valence-corrected chi connectivity index (χ2v) is 7.58. The predicted octanol–water partition coefficient (Wildman–Crippen LogP) is 3.50. The van der Waals surface area contributed by atoms with Crippen molar-refractivity contribution in [1.29, 1.82) is 0 Å². The normalized spacial score (nSPS) is 19.4. The van der Waals surface area contributed by atoms with Crippen molar-refractivity contribution in [3.63, 3.8) is 0 Å². The smallest absolute Gasteiger partial charge is 0.375 e. The van der Waals surface area contributed by atoms with Gasteiger partial charge in [0.2, 0.25) is 0 Å². The molecule has 0 radical (unpaired) electrons. The highest BCUT2D eigenvalue weighted by atomic mass is 127. The minimum atomic E-state index is -4.16. The van der Waals surface area contributed by atoms with Crippen LogP contribution in [-0.4, -0.2) is 73.3 Å². The molecular weight excluding hydrogens is 506 g/mol. The highest BCUT2D eigenvalue weighted by Gasteiger charge is 2.34. The molecule has 1 fully saturated rings. The molecule has 162 valence electrons. The van der Waals surface area contributed by atoms with Crippen molar-refractivity contribution in [1.82, 2.24) is 20.1 Å². The molecule has 0 aromatic carbocycles. The van der Waals surface area contributed by atoms with Crippen molar-refractivity contribution in [3.8, 4) is 0 Å². The Kier molecular flexibility index (Phi) is 10.4. The Morgan fingerprint density at radius 2 is 2.25 bits per heavy atom. The van der Waals surface area contributed by atoms with E-state index in [0.717, 1.165) is 10.7 Å². The van der Waals surface area contributed by atoms with Crippen LogP contribution < -0.4 is 5.32 Å². The van der Waals surface area contributed by atoms with Gasteiger partial charge >= 0.3 is 6.18 Å². The summed E-state index contributed by atoms with van der Waals surface area (Å²) >= 11 is 1.55. The molecule has 28 heavy (non-hydrogen) atoms. The van der Waals surface area contributed by atoms with Crippen LogP contribution in [0.4, 0.5) is 13.2 Å². The number of hydrogen-bond donors (Lipinski definition) is 1. The monoisotopic (exact) mass is 535 g/mol. The van der Waals surface area contributed by atoms with E-state index in [0.29, 0.717) is 38.6 Å². The Bertz CT molecular complexity index is 628. The second-order valence-electron chi connectivity index (χ2n) is 6.69. The van der Waals surface area contributed by atoms with Gasteiger partial charge in [-0.3, -0.25) is 9.89 Å². The molecule has 2 atom stereocenters. The summed E-state index contributed by atoms with van der Waals surface area (Å²) in [4.78, 5) is 12.4. The summed E-state index contributed by atoms with van der Waals surface area (Å²) in [6, 6.07) is -0.0420. The molecule has 1 saturated heterocycles. The van der Waals surface area contributed by atoms with Crippen molar-refractivity contribution in [2.75, 3.05) is 40.3 Å². The quantitative estimate of drug-likeness (QED) is 0.329. The van der Waals surface area contributed by atoms with Gasteiger partial charge in [0.05, 0.1) is 18.8 Å². The zero-order chi connectivity index (χ0) is 20.0. The fourth-order valence-electron chi connectivity index (χ4n) is 2.96. The van der Waals surface area contributed by atoms with Crippen molar-refractivity contribution < 1.29 is 17.9 Å². The van der Waals surface area contributed by atoms with Gasteiger partial charge in [-0.05, 0) is 20.3 Å². The first-order chi connectivity index (χ1) is 12.7. The number of hydrogen-bond acceptors (Lipinski definition) is 5. The van der Waals surface area contributed by atoms with E-state index in [-0.39, 0.29) is 36.1 Å². The molecule has 1 aromatic heterocycles. The van der Waals surface area contributed by atoms with Gasteiger partial charge in [-0.1, -0.05) is 0 Å². The van der Waals surface area contributed by atoms with Crippen molar-refractivity contribution in [3.05, 3.63) is 16.1 Å². The summed E-state index contributed by atoms with van der Waals surface area (Å²) in [5.41, 5.74) is 0.914. The zero-order valence-electron chi connectivity index (χ0n) is 16.6. The molecule has 2 unspecified atom stereocenters. The first-order valence-corrected chi connectivity index (χ1v) is 9.88. The van der Waals surface area contributed by atoms with Gasteiger partial charge in [0.15, 0.2) is 5.96 Å². The number of aromatic nitrogens is 1. The molecule has 0 amide bonds. The Labute approximate surface area is 185 Å². The summed E-state index contributed by atoms with van der Waals surface area (Å²) in [7, 11) is 3.56. The van der Waals surface area contributed by atoms with Crippen molar-refractivity contribution in [2.24, 2.45) is 4.99 Å². The topological polar surface area (TPSA) is 53.0 Å². The summed E-state index contributed by atoms with van der Waals surface area (Å²) in [5.74, 6) is 0.686. The van der Waals surface area contributed by atoms with Crippen LogP contribution >= 0.6 is 35.3 Å². The molecule has 2 rings (SSSR count). The van der Waals surface area contributed by atoms with Crippen LogP contribution in [0.2, 0.25) is 0 Å². The van der Waals surface area contributed by atoms with Crippen LogP contribution in [0, 0.1) is 0 Å². The van der Waals surface area contributed by atoms with Gasteiger partial charge in [0.1, 0.15) is 11.1 Å². The van der Waals surface area contributed by atoms with E-state index in [9.17, 15) is 13.2 Å². The highest BCUT2D eigenvalue weighted by molar-refractivity contribution is 14.0. The van der Waals surface area contributed by atoms with E-state index in [1.54, 1.807) is 18.4 Å². The molecule has 1 aliphatic rings. The number of aliphatic imine (C=N–C) groups is 1. The number of methoxy groups -OCH3 is 1. The van der Waals surface area contributed by atoms with Gasteiger partial charge < -0.3 is 15.0 Å². The van der Waals surface area contributed by atoms with Crippen LogP contribution in [0.3, 0.4) is 0 Å². The number of likely N-dealkylation sites (tertiary alicyclic amines) is 1. The van der Waals surface area contributed by atoms with E-state index in [1.165, 1.54) is 4.90 Å². The molecule has 0 aliphatic carbocycles. The molecular formula is C17H29F3IN5OS. The number of ether oxygens (including phenoxy) is 1. The van der Waals surface area contributed by atoms with Gasteiger partial charge in [0.25, 0.3) is 0 Å². The minimum Gasteiger partial charge on any atom is -0.375 e. The summed E-state index contributed by atoms with van der Waals surface area (Å²) in [5, 5.41) is 6.22. The first-order valence-electron chi connectivity index (χ1n) is 9.00. The van der Waals surface area contributed by atoms with Crippen LogP contribution in [0.25, 0.3) is 0 Å². The zero-order valence-corrected chi connectivity index (χ0v) is 19.8. The lowest BCUT2D eigenvalue weighted by Crippen LogP contribution is -2.45. The number of nitrogens with zero attached hydrogens (tertiary/aromatic N) is 4. The van der Waals surface area contributed by atoms with Crippen LogP contribution in [0.1, 0.15) is 37.1 Å². The largest absolute Gasteiger partial charge is 0.401 e. The van der Waals surface area contributed by atoms with E-state index >= 15 is 0 Å². The summed E-state index contributed by atoms with van der Waals surface area (Å²) < 4.78 is 43.0. The van der Waals surface area contributed by atoms with Crippen LogP contribution in [-0.2, 0) is 11.3 Å². The number of guanidine groups is 1. The van der Waals surface area contributed by atoms with Crippen molar-refractivity contribution in [2.45, 2.75) is 45.1 Å². The fraction of sp³-hybridized carbons (Fsp3) is 0.765. The molecule has 0 spiro atoms. The molecule has 11 heteroatoms. The molecule has 2 heterocycles. The first kappa shape index (κ1) is 25.4. The number of thiazole rings is 1. The number of nitrogens with one attached hydrogen (secondary N) is 1. The number of rotatable bonds is 7. The Morgan fingerprint density at radius 3 is 2.86 bits per heavy atom. The second kappa shape index (κ2) is 11.5. The third-order valence-electron chi connectivity index (χ3n) is 4.35. The van der Waals surface area contributed by atoms with Crippen LogP contribution in [0.15, 0.2) is 10.4 Å². The standard InChI is InChI=1S/C17H28F3N5OS.HI/c1-5-21-16(23-13-6-7-25(9-13)11-17(18,19)20)24(3)8-14-10-27-15(22-14)12(2)26-4;/h10,12-13H,5-9,11H2,1-4H3,(H,21,23);1H. The molecule has 1 aliphatic heterocycles. The third kappa shape index (κ3) is 7.99. The number of alkyl halides is 3. The molecule has 6 nitrogen and oxygen atoms in total. The van der Waals surface area contributed by atoms with Crippen molar-refractivity contribution >= 4 is 41.3 Å². The molecule has 0 bridgehead atoms.